The quantitative estimate of drug-likeness (QED) is 0.133. The normalized spacial score (nSPS) is 12.0. The zero-order chi connectivity index (χ0) is 18.9. The Hall–Kier alpha value is -0.255. The van der Waals surface area contributed by atoms with Crippen molar-refractivity contribution in [1.29, 1.82) is 0 Å². The second-order valence-corrected chi connectivity index (χ2v) is 6.69. The molecule has 0 saturated carbocycles. The van der Waals surface area contributed by atoms with Gasteiger partial charge in [-0.05, 0) is 33.6 Å². The molecule has 24 heavy (non-hydrogen) atoms. The molecular formula is C18H41BF4N+. The highest BCUT2D eigenvalue weighted by atomic mass is 19.5. The zero-order valence-corrected chi connectivity index (χ0v) is 16.4. The molecule has 0 radical (unpaired) electrons. The highest BCUT2D eigenvalue weighted by Crippen LogP contribution is 2.13. The molecule has 0 aliphatic carbocycles. The molecule has 0 heterocycles. The summed E-state index contributed by atoms with van der Waals surface area (Å²) in [6.07, 6.45) is 14.5. The Labute approximate surface area is 149 Å². The summed E-state index contributed by atoms with van der Waals surface area (Å²) in [6.45, 7) is 14.7. The number of quaternary nitrogens is 1. The average Bonchev–Trinajstić information content (AvgIpc) is 2.52. The lowest BCUT2D eigenvalue weighted by atomic mass is 10.1. The van der Waals surface area contributed by atoms with Gasteiger partial charge in [-0.2, -0.15) is 0 Å². The van der Waals surface area contributed by atoms with Gasteiger partial charge in [0.05, 0.1) is 26.2 Å². The van der Waals surface area contributed by atoms with Crippen LogP contribution in [0.1, 0.15) is 93.3 Å². The van der Waals surface area contributed by atoms with Crippen LogP contribution in [0.5, 0.6) is 0 Å². The van der Waals surface area contributed by atoms with E-state index in [1.807, 2.05) is 0 Å². The number of halogens is 4. The summed E-state index contributed by atoms with van der Waals surface area (Å²) >= 11 is 0. The molecule has 0 amide bonds. The minimum atomic E-state index is -6.00. The van der Waals surface area contributed by atoms with E-state index in [0.29, 0.717) is 0 Å². The molecular weight excluding hydrogens is 317 g/mol. The molecule has 0 aromatic carbocycles. The summed E-state index contributed by atoms with van der Waals surface area (Å²) in [5.74, 6) is 0. The summed E-state index contributed by atoms with van der Waals surface area (Å²) in [5, 5.41) is 0. The number of unbranched alkanes of at least 4 members (excludes halogenated alkanes) is 9. The van der Waals surface area contributed by atoms with Crippen molar-refractivity contribution in [2.24, 2.45) is 0 Å². The average molecular weight is 358 g/mol. The lowest BCUT2D eigenvalue weighted by molar-refractivity contribution is -0.923. The first-order chi connectivity index (χ1) is 11.2. The monoisotopic (exact) mass is 358 g/mol. The van der Waals surface area contributed by atoms with Gasteiger partial charge in [-0.3, -0.25) is 0 Å². The van der Waals surface area contributed by atoms with Gasteiger partial charge in [-0.15, -0.1) is 0 Å². The first kappa shape index (κ1) is 26.0. The molecule has 0 rings (SSSR count). The molecule has 0 aliphatic rings. The van der Waals surface area contributed by atoms with Gasteiger partial charge in [0.1, 0.15) is 0 Å². The van der Waals surface area contributed by atoms with Crippen LogP contribution in [0.4, 0.5) is 17.3 Å². The number of hydrogen-bond donors (Lipinski definition) is 0. The maximum atomic E-state index is 9.75. The van der Waals surface area contributed by atoms with Crippen molar-refractivity contribution in [2.75, 3.05) is 26.2 Å². The van der Waals surface area contributed by atoms with E-state index >= 15 is 0 Å². The van der Waals surface area contributed by atoms with E-state index in [9.17, 15) is 17.3 Å². The van der Waals surface area contributed by atoms with Gasteiger partial charge in [0.25, 0.3) is 0 Å². The molecule has 0 bridgehead atoms. The second-order valence-electron chi connectivity index (χ2n) is 6.69. The van der Waals surface area contributed by atoms with Crippen LogP contribution in [-0.4, -0.2) is 37.9 Å². The van der Waals surface area contributed by atoms with Gasteiger partial charge in [0, 0.05) is 0 Å². The van der Waals surface area contributed by atoms with Crippen LogP contribution in [0.2, 0.25) is 0 Å². The lowest BCUT2D eigenvalue weighted by Crippen LogP contribution is -2.48. The summed E-state index contributed by atoms with van der Waals surface area (Å²) in [4.78, 5) is 0. The van der Waals surface area contributed by atoms with Crippen LogP contribution < -0.4 is 0 Å². The number of rotatable bonds is 14. The van der Waals surface area contributed by atoms with E-state index in [0.717, 1.165) is 0 Å². The minimum Gasteiger partial charge on any atom is -0.418 e. The molecule has 0 aromatic rings. The van der Waals surface area contributed by atoms with Crippen molar-refractivity contribution < 1.29 is 23.2 Å². The molecule has 1 nitrogen and oxygen atoms in total. The summed E-state index contributed by atoms with van der Waals surface area (Å²) in [5.41, 5.74) is 0. The molecule has 0 fully saturated rings. The Bertz CT molecular complexity index is 248. The van der Waals surface area contributed by atoms with Crippen LogP contribution in [0, 0.1) is 0 Å². The topological polar surface area (TPSA) is 0 Å². The first-order valence-corrected chi connectivity index (χ1v) is 9.97. The summed E-state index contributed by atoms with van der Waals surface area (Å²) in [6, 6.07) is 0. The van der Waals surface area contributed by atoms with Crippen LogP contribution >= 0.6 is 0 Å². The Morgan fingerprint density at radius 1 is 0.583 bits per heavy atom. The van der Waals surface area contributed by atoms with Crippen molar-refractivity contribution in [3.8, 4) is 0 Å². The predicted molar refractivity (Wildman–Crippen MR) is 99.9 cm³/mol. The van der Waals surface area contributed by atoms with Crippen LogP contribution in [0.25, 0.3) is 0 Å². The van der Waals surface area contributed by atoms with E-state index in [-0.39, 0.29) is 1.43 Å². The van der Waals surface area contributed by atoms with Gasteiger partial charge in [0.15, 0.2) is 0 Å². The third-order valence-electron chi connectivity index (χ3n) is 5.00. The van der Waals surface area contributed by atoms with Crippen molar-refractivity contribution in [2.45, 2.75) is 91.9 Å². The molecule has 0 saturated heterocycles. The van der Waals surface area contributed by atoms with Crippen LogP contribution in [0.15, 0.2) is 0 Å². The van der Waals surface area contributed by atoms with E-state index in [1.54, 1.807) is 0 Å². The maximum absolute atomic E-state index is 9.75. The predicted octanol–water partition coefficient (Wildman–Crippen LogP) is 7.20. The van der Waals surface area contributed by atoms with E-state index < -0.39 is 7.25 Å². The molecule has 0 aromatic heterocycles. The fourth-order valence-corrected chi connectivity index (χ4v) is 3.08. The van der Waals surface area contributed by atoms with E-state index in [1.165, 1.54) is 94.9 Å². The summed E-state index contributed by atoms with van der Waals surface area (Å²) < 4.78 is 40.3. The molecule has 0 spiro atoms. The molecule has 148 valence electrons. The molecule has 0 atom stereocenters. The van der Waals surface area contributed by atoms with Crippen molar-refractivity contribution in [3.05, 3.63) is 0 Å². The first-order valence-electron chi connectivity index (χ1n) is 9.97. The summed E-state index contributed by atoms with van der Waals surface area (Å²) in [7, 11) is -6.00. The highest BCUT2D eigenvalue weighted by molar-refractivity contribution is 6.50. The van der Waals surface area contributed by atoms with Crippen LogP contribution in [-0.2, 0) is 0 Å². The lowest BCUT2D eigenvalue weighted by Gasteiger charge is -2.35. The standard InChI is InChI=1S/C18H40N.BF4/c1-5-9-10-11-12-13-14-15-16-17-18-19(6-2,7-3)8-4;2-1(3,4)5/h5-18H2,1-4H3;/q+1;-1/p+1. The Balaban J connectivity index is -0.000000704. The van der Waals surface area contributed by atoms with Gasteiger partial charge in [0.2, 0.25) is 0 Å². The van der Waals surface area contributed by atoms with Crippen LogP contribution in [0.3, 0.4) is 0 Å². The SMILES string of the molecule is CCCCCCCCCCCC[N+](CC)(CC)CC.F[B-](F)(F)F.[H+]. The molecule has 0 N–H and O–H groups in total. The van der Waals surface area contributed by atoms with Gasteiger partial charge >= 0.3 is 8.68 Å². The van der Waals surface area contributed by atoms with Gasteiger partial charge < -0.3 is 21.7 Å². The minimum absolute atomic E-state index is 0. The highest BCUT2D eigenvalue weighted by Gasteiger charge is 2.20. The van der Waals surface area contributed by atoms with E-state index in [2.05, 4.69) is 27.7 Å². The maximum Gasteiger partial charge on any atom is 1.00 e. The molecule has 0 aliphatic heterocycles. The second kappa shape index (κ2) is 16.2. The third-order valence-corrected chi connectivity index (χ3v) is 5.00. The van der Waals surface area contributed by atoms with Gasteiger partial charge in [-0.1, -0.05) is 58.3 Å². The number of hydrogen-bond acceptors (Lipinski definition) is 0. The Kier molecular flexibility index (Phi) is 17.6. The third kappa shape index (κ3) is 19.8. The van der Waals surface area contributed by atoms with Crippen molar-refractivity contribution >= 4 is 7.25 Å². The number of nitrogens with zero attached hydrogens (tertiary/aromatic N) is 1. The van der Waals surface area contributed by atoms with Crippen molar-refractivity contribution in [1.82, 2.24) is 0 Å². The molecule has 0 unspecified atom stereocenters. The Morgan fingerprint density at radius 2 is 0.875 bits per heavy atom. The smallest absolute Gasteiger partial charge is 0.418 e. The van der Waals surface area contributed by atoms with Gasteiger partial charge in [-0.25, -0.2) is 0 Å². The van der Waals surface area contributed by atoms with Crippen molar-refractivity contribution in [3.63, 3.8) is 0 Å². The zero-order valence-electron chi connectivity index (χ0n) is 17.4. The fourth-order valence-electron chi connectivity index (χ4n) is 3.08. The molecule has 6 heteroatoms. The Morgan fingerprint density at radius 3 is 1.17 bits per heavy atom. The fraction of sp³-hybridized carbons (Fsp3) is 1.00. The van der Waals surface area contributed by atoms with E-state index in [4.69, 9.17) is 0 Å². The largest absolute Gasteiger partial charge is 1.00 e.